The minimum Gasteiger partial charge on any atom is -0.374 e. The van der Waals surface area contributed by atoms with Crippen LogP contribution >= 0.6 is 0 Å². The summed E-state index contributed by atoms with van der Waals surface area (Å²) in [4.78, 5) is 21.9. The second-order valence-electron chi connectivity index (χ2n) is 3.13. The van der Waals surface area contributed by atoms with E-state index in [1.807, 2.05) is 0 Å². The first-order chi connectivity index (χ1) is 6.50. The number of carbonyl (C=O) groups excluding carboxylic acids is 1. The summed E-state index contributed by atoms with van der Waals surface area (Å²) >= 11 is 0. The summed E-state index contributed by atoms with van der Waals surface area (Å²) < 4.78 is 1.44. The number of anilines is 1. The molecule has 0 aliphatic heterocycles. The van der Waals surface area contributed by atoms with E-state index in [-0.39, 0.29) is 5.56 Å². The highest BCUT2D eigenvalue weighted by atomic mass is 16.1. The quantitative estimate of drug-likeness (QED) is 0.693. The molecule has 14 heavy (non-hydrogen) atoms. The maximum atomic E-state index is 11.2. The third-order valence-corrected chi connectivity index (χ3v) is 1.91. The van der Waals surface area contributed by atoms with Crippen molar-refractivity contribution in [2.75, 3.05) is 5.32 Å². The van der Waals surface area contributed by atoms with E-state index in [0.717, 1.165) is 0 Å². The number of primary amides is 1. The number of carbonyl (C=O) groups is 1. The van der Waals surface area contributed by atoms with Gasteiger partial charge in [0.25, 0.3) is 5.56 Å². The average Bonchev–Trinajstić information content (AvgIpc) is 2.11. The first-order valence-electron chi connectivity index (χ1n) is 4.23. The third kappa shape index (κ3) is 2.35. The molecule has 1 atom stereocenters. The van der Waals surface area contributed by atoms with Gasteiger partial charge in [0.1, 0.15) is 6.04 Å². The first-order valence-corrected chi connectivity index (χ1v) is 4.23. The van der Waals surface area contributed by atoms with Crippen molar-refractivity contribution in [3.8, 4) is 0 Å². The molecule has 0 spiro atoms. The molecule has 0 bridgehead atoms. The number of hydrogen-bond donors (Lipinski definition) is 2. The summed E-state index contributed by atoms with van der Waals surface area (Å²) in [6.07, 6.45) is 1.62. The van der Waals surface area contributed by atoms with Gasteiger partial charge in [0, 0.05) is 25.0 Å². The Morgan fingerprint density at radius 3 is 2.79 bits per heavy atom. The predicted octanol–water partition coefficient (Wildman–Crippen LogP) is -0.329. The molecule has 0 aliphatic rings. The van der Waals surface area contributed by atoms with Crippen molar-refractivity contribution in [3.05, 3.63) is 28.7 Å². The maximum Gasteiger partial charge on any atom is 0.252 e. The standard InChI is InChI=1S/C9H13N3O2/c1-6(9(10)14)11-7-3-4-12(2)8(13)5-7/h3-6,11H,1-2H3,(H2,10,14). The maximum absolute atomic E-state index is 11.2. The molecule has 0 aromatic carbocycles. The summed E-state index contributed by atoms with van der Waals surface area (Å²) in [6, 6.07) is 2.64. The summed E-state index contributed by atoms with van der Waals surface area (Å²) in [6.45, 7) is 1.64. The largest absolute Gasteiger partial charge is 0.374 e. The lowest BCUT2D eigenvalue weighted by Gasteiger charge is -2.11. The average molecular weight is 195 g/mol. The first kappa shape index (κ1) is 10.3. The van der Waals surface area contributed by atoms with E-state index in [1.165, 1.54) is 10.6 Å². The van der Waals surface area contributed by atoms with Gasteiger partial charge in [-0.2, -0.15) is 0 Å². The van der Waals surface area contributed by atoms with Gasteiger partial charge in [-0.05, 0) is 13.0 Å². The van der Waals surface area contributed by atoms with Gasteiger partial charge in [-0.1, -0.05) is 0 Å². The van der Waals surface area contributed by atoms with Gasteiger partial charge >= 0.3 is 0 Å². The van der Waals surface area contributed by atoms with Gasteiger partial charge < -0.3 is 15.6 Å². The molecule has 1 heterocycles. The minimum atomic E-state index is -0.484. The van der Waals surface area contributed by atoms with Crippen LogP contribution in [0.15, 0.2) is 23.1 Å². The van der Waals surface area contributed by atoms with Crippen LogP contribution in [0.25, 0.3) is 0 Å². The molecule has 0 saturated carbocycles. The molecule has 0 aliphatic carbocycles. The molecular formula is C9H13N3O2. The molecule has 0 radical (unpaired) electrons. The number of hydrogen-bond acceptors (Lipinski definition) is 3. The Balaban J connectivity index is 2.83. The second-order valence-corrected chi connectivity index (χ2v) is 3.13. The van der Waals surface area contributed by atoms with Gasteiger partial charge in [-0.3, -0.25) is 9.59 Å². The number of aryl methyl sites for hydroxylation is 1. The van der Waals surface area contributed by atoms with Crippen LogP contribution in [0.4, 0.5) is 5.69 Å². The second kappa shape index (κ2) is 3.95. The zero-order valence-corrected chi connectivity index (χ0v) is 8.15. The number of aromatic nitrogens is 1. The zero-order valence-electron chi connectivity index (χ0n) is 8.15. The van der Waals surface area contributed by atoms with E-state index in [9.17, 15) is 9.59 Å². The lowest BCUT2D eigenvalue weighted by Crippen LogP contribution is -2.33. The predicted molar refractivity (Wildman–Crippen MR) is 54.0 cm³/mol. The molecule has 1 aromatic rings. The summed E-state index contributed by atoms with van der Waals surface area (Å²) in [7, 11) is 1.66. The summed E-state index contributed by atoms with van der Waals surface area (Å²) in [5, 5.41) is 2.82. The highest BCUT2D eigenvalue weighted by Crippen LogP contribution is 2.03. The normalized spacial score (nSPS) is 12.1. The Hall–Kier alpha value is -1.78. The van der Waals surface area contributed by atoms with Crippen LogP contribution < -0.4 is 16.6 Å². The van der Waals surface area contributed by atoms with Gasteiger partial charge in [0.15, 0.2) is 0 Å². The highest BCUT2D eigenvalue weighted by Gasteiger charge is 2.07. The Bertz CT molecular complexity index is 397. The fraction of sp³-hybridized carbons (Fsp3) is 0.333. The van der Waals surface area contributed by atoms with Gasteiger partial charge in [-0.25, -0.2) is 0 Å². The van der Waals surface area contributed by atoms with E-state index >= 15 is 0 Å². The van der Waals surface area contributed by atoms with Crippen LogP contribution in [0.2, 0.25) is 0 Å². The van der Waals surface area contributed by atoms with E-state index in [1.54, 1.807) is 26.2 Å². The molecule has 5 nitrogen and oxygen atoms in total. The monoisotopic (exact) mass is 195 g/mol. The van der Waals surface area contributed by atoms with Crippen molar-refractivity contribution in [1.82, 2.24) is 4.57 Å². The molecular weight excluding hydrogens is 182 g/mol. The van der Waals surface area contributed by atoms with Crippen LogP contribution in [0.3, 0.4) is 0 Å². The lowest BCUT2D eigenvalue weighted by molar-refractivity contribution is -0.118. The van der Waals surface area contributed by atoms with E-state index in [2.05, 4.69) is 5.32 Å². The number of pyridine rings is 1. The molecule has 1 unspecified atom stereocenters. The lowest BCUT2D eigenvalue weighted by atomic mass is 10.3. The van der Waals surface area contributed by atoms with Crippen molar-refractivity contribution in [3.63, 3.8) is 0 Å². The smallest absolute Gasteiger partial charge is 0.252 e. The van der Waals surface area contributed by atoms with E-state index < -0.39 is 11.9 Å². The number of nitrogens with zero attached hydrogens (tertiary/aromatic N) is 1. The van der Waals surface area contributed by atoms with Crippen molar-refractivity contribution < 1.29 is 4.79 Å². The molecule has 1 amide bonds. The van der Waals surface area contributed by atoms with E-state index in [4.69, 9.17) is 5.73 Å². The zero-order chi connectivity index (χ0) is 10.7. The van der Waals surface area contributed by atoms with Crippen molar-refractivity contribution >= 4 is 11.6 Å². The Labute approximate surface area is 81.5 Å². The molecule has 0 fully saturated rings. The van der Waals surface area contributed by atoms with Gasteiger partial charge in [0.05, 0.1) is 0 Å². The minimum absolute atomic E-state index is 0.133. The number of nitrogens with two attached hydrogens (primary N) is 1. The summed E-state index contributed by atoms with van der Waals surface area (Å²) in [5.41, 5.74) is 5.53. The number of nitrogens with one attached hydrogen (secondary N) is 1. The van der Waals surface area contributed by atoms with E-state index in [0.29, 0.717) is 5.69 Å². The fourth-order valence-electron chi connectivity index (χ4n) is 0.959. The molecule has 0 saturated heterocycles. The topological polar surface area (TPSA) is 77.1 Å². The van der Waals surface area contributed by atoms with Crippen LogP contribution in [0.5, 0.6) is 0 Å². The molecule has 1 rings (SSSR count). The van der Waals surface area contributed by atoms with Crippen LogP contribution in [-0.2, 0) is 11.8 Å². The van der Waals surface area contributed by atoms with Gasteiger partial charge in [0.2, 0.25) is 5.91 Å². The van der Waals surface area contributed by atoms with Crippen molar-refractivity contribution in [2.45, 2.75) is 13.0 Å². The van der Waals surface area contributed by atoms with Crippen molar-refractivity contribution in [2.24, 2.45) is 12.8 Å². The Morgan fingerprint density at radius 2 is 2.29 bits per heavy atom. The van der Waals surface area contributed by atoms with Gasteiger partial charge in [-0.15, -0.1) is 0 Å². The van der Waals surface area contributed by atoms with Crippen LogP contribution in [0.1, 0.15) is 6.92 Å². The molecule has 76 valence electrons. The van der Waals surface area contributed by atoms with Crippen LogP contribution in [-0.4, -0.2) is 16.5 Å². The number of rotatable bonds is 3. The number of amides is 1. The molecule has 3 N–H and O–H groups in total. The highest BCUT2D eigenvalue weighted by molar-refractivity contribution is 5.82. The Kier molecular flexibility index (Phi) is 2.91. The third-order valence-electron chi connectivity index (χ3n) is 1.91. The fourth-order valence-corrected chi connectivity index (χ4v) is 0.959. The SMILES string of the molecule is CC(Nc1ccn(C)c(=O)c1)C(N)=O. The Morgan fingerprint density at radius 1 is 1.64 bits per heavy atom. The molecule has 1 aromatic heterocycles. The van der Waals surface area contributed by atoms with Crippen LogP contribution in [0, 0.1) is 0 Å². The molecule has 5 heteroatoms. The summed E-state index contributed by atoms with van der Waals surface area (Å²) in [5.74, 6) is -0.453. The van der Waals surface area contributed by atoms with Crippen molar-refractivity contribution in [1.29, 1.82) is 0 Å².